The van der Waals surface area contributed by atoms with Crippen molar-refractivity contribution in [3.63, 3.8) is 0 Å². The van der Waals surface area contributed by atoms with Crippen molar-refractivity contribution in [2.24, 2.45) is 11.8 Å². The van der Waals surface area contributed by atoms with Gasteiger partial charge in [0.25, 0.3) is 15.9 Å². The van der Waals surface area contributed by atoms with Gasteiger partial charge in [0.05, 0.1) is 53.1 Å². The average molecular weight is 881 g/mol. The molecule has 6 N–H and O–H groups in total. The number of carbonyl (C=O) groups excluding carboxylic acids is 2. The molecule has 0 radical (unpaired) electrons. The van der Waals surface area contributed by atoms with Crippen LogP contribution in [0.1, 0.15) is 40.7 Å². The predicted molar refractivity (Wildman–Crippen MR) is 238 cm³/mol. The summed E-state index contributed by atoms with van der Waals surface area (Å²) >= 11 is 6.37. The van der Waals surface area contributed by atoms with Crippen molar-refractivity contribution in [3.05, 3.63) is 101 Å². The van der Waals surface area contributed by atoms with Crippen molar-refractivity contribution in [3.8, 4) is 11.5 Å². The van der Waals surface area contributed by atoms with Crippen LogP contribution in [0.5, 0.6) is 11.5 Å². The van der Waals surface area contributed by atoms with E-state index in [2.05, 4.69) is 52.0 Å². The van der Waals surface area contributed by atoms with Crippen LogP contribution in [0.15, 0.2) is 84.0 Å². The Morgan fingerprint density at radius 3 is 2.69 bits per heavy atom. The van der Waals surface area contributed by atoms with E-state index in [9.17, 15) is 18.0 Å². The maximum atomic E-state index is 13.9. The lowest BCUT2D eigenvalue weighted by Crippen LogP contribution is -2.53. The van der Waals surface area contributed by atoms with Crippen LogP contribution in [0.4, 0.5) is 17.1 Å². The Morgan fingerprint density at radius 2 is 1.90 bits per heavy atom. The molecular formula is C45H51ClN9O6S+. The minimum absolute atomic E-state index is 0.0185. The number of benzene rings is 3. The number of anilines is 2. The van der Waals surface area contributed by atoms with E-state index in [0.717, 1.165) is 75.2 Å². The number of aromatic amines is 1. The molecule has 0 aliphatic carbocycles. The number of fused-ring (bicyclic) bond motifs is 2. The molecule has 2 amide bonds. The molecule has 2 aromatic heterocycles. The van der Waals surface area contributed by atoms with Gasteiger partial charge in [-0.1, -0.05) is 17.7 Å². The van der Waals surface area contributed by atoms with Gasteiger partial charge >= 0.3 is 0 Å². The normalized spacial score (nSPS) is 19.8. The number of rotatable bonds is 12. The highest BCUT2D eigenvalue weighted by atomic mass is 35.5. The maximum absolute atomic E-state index is 13.9. The molecule has 2 saturated heterocycles. The number of sulfonamides is 1. The number of amides is 2. The fourth-order valence-corrected chi connectivity index (χ4v) is 10.1. The Bertz CT molecular complexity index is 2630. The van der Waals surface area contributed by atoms with Crippen LogP contribution in [0.2, 0.25) is 5.02 Å². The largest absolute Gasteiger partial charge is 0.455 e. The molecule has 4 aliphatic rings. The van der Waals surface area contributed by atoms with Crippen LogP contribution in [0.3, 0.4) is 0 Å². The highest BCUT2D eigenvalue weighted by molar-refractivity contribution is 7.90. The summed E-state index contributed by atoms with van der Waals surface area (Å²) in [4.78, 5) is 39.5. The molecule has 0 spiro atoms. The molecule has 4 aliphatic heterocycles. The number of nitrogen functional groups attached to an aromatic ring is 1. The van der Waals surface area contributed by atoms with Gasteiger partial charge in [0, 0.05) is 68.1 Å². The van der Waals surface area contributed by atoms with E-state index >= 15 is 0 Å². The van der Waals surface area contributed by atoms with Gasteiger partial charge in [-0.3, -0.25) is 14.5 Å². The van der Waals surface area contributed by atoms with E-state index in [1.54, 1.807) is 42.7 Å². The molecule has 17 heteroatoms. The lowest BCUT2D eigenvalue weighted by atomic mass is 9.92. The average Bonchev–Trinajstić information content (AvgIpc) is 3.99. The lowest BCUT2D eigenvalue weighted by Gasteiger charge is -2.40. The summed E-state index contributed by atoms with van der Waals surface area (Å²) in [5.41, 5.74) is 11.0. The molecule has 3 aromatic carbocycles. The summed E-state index contributed by atoms with van der Waals surface area (Å²) in [5.74, 6) is 0.280. The third-order valence-corrected chi connectivity index (χ3v) is 14.0. The molecule has 2 unspecified atom stereocenters. The summed E-state index contributed by atoms with van der Waals surface area (Å²) in [7, 11) is -4.33. The van der Waals surface area contributed by atoms with Crippen LogP contribution in [0, 0.1) is 11.8 Å². The molecule has 6 heterocycles. The molecule has 62 heavy (non-hydrogen) atoms. The summed E-state index contributed by atoms with van der Waals surface area (Å²) in [6.07, 6.45) is 8.90. The number of halogens is 1. The van der Waals surface area contributed by atoms with Crippen molar-refractivity contribution in [2.75, 3.05) is 70.1 Å². The Balaban J connectivity index is 0.924. The van der Waals surface area contributed by atoms with E-state index in [-0.39, 0.29) is 39.8 Å². The molecule has 2 fully saturated rings. The summed E-state index contributed by atoms with van der Waals surface area (Å²) in [6.45, 7) is 6.95. The fraction of sp³-hybridized carbons (Fsp3) is 0.378. The zero-order valence-electron chi connectivity index (χ0n) is 34.3. The number of nitrogens with two attached hydrogens (primary N) is 1. The van der Waals surface area contributed by atoms with E-state index in [4.69, 9.17) is 26.8 Å². The third-order valence-electron chi connectivity index (χ3n) is 12.4. The second-order valence-corrected chi connectivity index (χ2v) is 18.7. The van der Waals surface area contributed by atoms with Crippen molar-refractivity contribution in [2.45, 2.75) is 43.2 Å². The van der Waals surface area contributed by atoms with Gasteiger partial charge in [-0.25, -0.2) is 18.1 Å². The molecule has 324 valence electrons. The first-order valence-corrected chi connectivity index (χ1v) is 23.1. The first-order valence-electron chi connectivity index (χ1n) is 21.2. The van der Waals surface area contributed by atoms with Gasteiger partial charge in [0.1, 0.15) is 17.1 Å². The second-order valence-electron chi connectivity index (χ2n) is 16.6. The first-order chi connectivity index (χ1) is 30.1. The fourth-order valence-electron chi connectivity index (χ4n) is 8.86. The number of pyridine rings is 1. The van der Waals surface area contributed by atoms with E-state index in [1.165, 1.54) is 17.7 Å². The topological polar surface area (TPSA) is 187 Å². The van der Waals surface area contributed by atoms with E-state index in [1.807, 2.05) is 18.2 Å². The highest BCUT2D eigenvalue weighted by Gasteiger charge is 2.36. The first kappa shape index (κ1) is 41.8. The van der Waals surface area contributed by atoms with Crippen LogP contribution < -0.4 is 25.8 Å². The Kier molecular flexibility index (Phi) is 12.2. The van der Waals surface area contributed by atoms with E-state index in [0.29, 0.717) is 60.7 Å². The quantitative estimate of drug-likeness (QED) is 0.0826. The maximum Gasteiger partial charge on any atom is 0.268 e. The van der Waals surface area contributed by atoms with Gasteiger partial charge in [0.15, 0.2) is 12.8 Å². The monoisotopic (exact) mass is 880 g/mol. The Morgan fingerprint density at radius 1 is 1.03 bits per heavy atom. The number of H-pyrrole nitrogens is 1. The Labute approximate surface area is 365 Å². The molecule has 0 saturated carbocycles. The third kappa shape index (κ3) is 9.29. The molecule has 5 aromatic rings. The predicted octanol–water partition coefficient (Wildman–Crippen LogP) is 5.14. The van der Waals surface area contributed by atoms with Crippen LogP contribution in [-0.4, -0.2) is 116 Å². The number of hydrogen-bond donors (Lipinski definition) is 5. The SMILES string of the molecule is Nc1cc(S(=O)(=O)NC(=O)c2ccc([N+]3=CCN(CC4Cc5ccc(Cl)cc5CN4C(=O)C4CCNC4)CC3)cc2Oc2cnc3[nH]ccc3c2)ccc1NCC1CCOCC1. The second kappa shape index (κ2) is 18.1. The molecule has 0 bridgehead atoms. The van der Waals surface area contributed by atoms with Crippen LogP contribution >= 0.6 is 11.6 Å². The lowest BCUT2D eigenvalue weighted by molar-refractivity contribution is -0.443. The van der Waals surface area contributed by atoms with Crippen LogP contribution in [0.25, 0.3) is 11.0 Å². The smallest absolute Gasteiger partial charge is 0.268 e. The van der Waals surface area contributed by atoms with Gasteiger partial charge in [0.2, 0.25) is 11.6 Å². The highest BCUT2D eigenvalue weighted by Crippen LogP contribution is 2.33. The molecular weight excluding hydrogens is 830 g/mol. The number of carbonyl (C=O) groups is 2. The minimum Gasteiger partial charge on any atom is -0.455 e. The van der Waals surface area contributed by atoms with Crippen molar-refractivity contribution < 1.29 is 32.1 Å². The summed E-state index contributed by atoms with van der Waals surface area (Å²) < 4.78 is 43.4. The number of ether oxygens (including phenoxy) is 2. The van der Waals surface area contributed by atoms with Gasteiger partial charge < -0.3 is 35.7 Å². The van der Waals surface area contributed by atoms with Crippen LogP contribution in [-0.2, 0) is 32.5 Å². The molecule has 2 atom stereocenters. The number of hydrogen-bond acceptors (Lipinski definition) is 11. The summed E-state index contributed by atoms with van der Waals surface area (Å²) in [5, 5.41) is 8.15. The Hall–Kier alpha value is -5.52. The number of nitrogens with zero attached hydrogens (tertiary/aromatic N) is 4. The van der Waals surface area contributed by atoms with E-state index < -0.39 is 15.9 Å². The standard InChI is InChI=1S/C45H50ClN9O6S/c46-34-2-1-30-20-36(55(27-33(30)19-34)45(57)32-7-11-48-25-32)28-53-13-15-54(16-14-53)35-3-5-39(42(22-35)61-37-21-31-8-12-49-43(31)51-26-37)44(56)52-62(58,59)38-4-6-41(40(47)23-38)50-24-29-9-17-60-18-10-29/h1-6,8,12,15,19,21-23,26,29,32,36,48,50H,7,9-11,13-14,16-18,20,24-25,27-28,47H2,(H-,49,51,52,56)/p+1. The minimum atomic E-state index is -4.33. The zero-order chi connectivity index (χ0) is 42.8. The number of nitrogens with one attached hydrogen (secondary N) is 4. The molecule has 9 rings (SSSR count). The van der Waals surface area contributed by atoms with Crippen molar-refractivity contribution >= 4 is 67.7 Å². The zero-order valence-corrected chi connectivity index (χ0v) is 35.9. The van der Waals surface area contributed by atoms with Gasteiger partial charge in [-0.05, 0) is 97.8 Å². The van der Waals surface area contributed by atoms with Crippen molar-refractivity contribution in [1.82, 2.24) is 29.8 Å². The summed E-state index contributed by atoms with van der Waals surface area (Å²) in [6, 6.07) is 19.2. The number of aromatic nitrogens is 2. The van der Waals surface area contributed by atoms with Gasteiger partial charge in [-0.2, -0.15) is 4.58 Å². The van der Waals surface area contributed by atoms with Crippen molar-refractivity contribution in [1.29, 1.82) is 0 Å². The molecule has 15 nitrogen and oxygen atoms in total. The van der Waals surface area contributed by atoms with Gasteiger partial charge in [-0.15, -0.1) is 0 Å².